The van der Waals surface area contributed by atoms with Crippen molar-refractivity contribution in [3.05, 3.63) is 16.1 Å². The molecule has 1 unspecified atom stereocenters. The highest BCUT2D eigenvalue weighted by Crippen LogP contribution is 2.11. The number of thiazole rings is 1. The Morgan fingerprint density at radius 2 is 2.44 bits per heavy atom. The molecule has 1 heterocycles. The summed E-state index contributed by atoms with van der Waals surface area (Å²) in [7, 11) is 0. The molecule has 1 atom stereocenters. The third kappa shape index (κ3) is 3.90. The first-order valence-corrected chi connectivity index (χ1v) is 6.42. The molecule has 1 aromatic heterocycles. The van der Waals surface area contributed by atoms with Crippen LogP contribution in [0.4, 0.5) is 0 Å². The summed E-state index contributed by atoms with van der Waals surface area (Å²) in [6.07, 6.45) is 4.76. The highest BCUT2D eigenvalue weighted by molar-refractivity contribution is 7.13. The number of hydrogen-bond donors (Lipinski definition) is 2. The molecule has 0 aliphatic rings. The maximum atomic E-state index is 11.8. The van der Waals surface area contributed by atoms with E-state index in [9.17, 15) is 4.79 Å². The van der Waals surface area contributed by atoms with Crippen molar-refractivity contribution in [3.8, 4) is 0 Å². The van der Waals surface area contributed by atoms with Crippen molar-refractivity contribution in [1.29, 1.82) is 0 Å². The van der Waals surface area contributed by atoms with Crippen LogP contribution in [-0.4, -0.2) is 23.5 Å². The Kier molecular flexibility index (Phi) is 5.42. The normalized spacial score (nSPS) is 12.4. The summed E-state index contributed by atoms with van der Waals surface area (Å²) in [5, 5.41) is 3.84. The third-order valence-electron chi connectivity index (χ3n) is 2.37. The van der Waals surface area contributed by atoms with E-state index in [-0.39, 0.29) is 11.9 Å². The van der Waals surface area contributed by atoms with Crippen molar-refractivity contribution in [3.63, 3.8) is 0 Å². The Labute approximate surface area is 100 Å². The lowest BCUT2D eigenvalue weighted by Crippen LogP contribution is -2.39. The minimum atomic E-state index is -0.0582. The van der Waals surface area contributed by atoms with Crippen molar-refractivity contribution < 1.29 is 4.79 Å². The predicted molar refractivity (Wildman–Crippen MR) is 66.7 cm³/mol. The lowest BCUT2D eigenvalue weighted by Gasteiger charge is -2.15. The summed E-state index contributed by atoms with van der Waals surface area (Å²) in [6, 6.07) is 0.0786. The van der Waals surface area contributed by atoms with Gasteiger partial charge in [-0.1, -0.05) is 19.8 Å². The van der Waals surface area contributed by atoms with E-state index < -0.39 is 0 Å². The van der Waals surface area contributed by atoms with E-state index in [1.165, 1.54) is 11.3 Å². The first-order chi connectivity index (χ1) is 7.67. The molecule has 3 N–H and O–H groups in total. The largest absolute Gasteiger partial charge is 0.347 e. The second-order valence-corrected chi connectivity index (χ2v) is 5.03. The van der Waals surface area contributed by atoms with Gasteiger partial charge < -0.3 is 11.1 Å². The predicted octanol–water partition coefficient (Wildman–Crippen LogP) is 1.70. The van der Waals surface area contributed by atoms with Crippen LogP contribution in [0.2, 0.25) is 0 Å². The SMILES string of the molecule is CCCCC(CN)NC(=O)c1cnc(C)s1. The number of nitrogens with one attached hydrogen (secondary N) is 1. The Morgan fingerprint density at radius 1 is 1.69 bits per heavy atom. The van der Waals surface area contributed by atoms with Gasteiger partial charge >= 0.3 is 0 Å². The van der Waals surface area contributed by atoms with E-state index in [0.717, 1.165) is 24.3 Å². The number of rotatable bonds is 6. The average molecular weight is 241 g/mol. The second-order valence-electron chi connectivity index (χ2n) is 3.79. The summed E-state index contributed by atoms with van der Waals surface area (Å²) in [4.78, 5) is 16.5. The van der Waals surface area contributed by atoms with Crippen molar-refractivity contribution >= 4 is 17.2 Å². The number of nitrogens with zero attached hydrogens (tertiary/aromatic N) is 1. The minimum absolute atomic E-state index is 0.0582. The average Bonchev–Trinajstić information content (AvgIpc) is 2.70. The van der Waals surface area contributed by atoms with Crippen LogP contribution in [0, 0.1) is 6.92 Å². The maximum absolute atomic E-state index is 11.8. The second kappa shape index (κ2) is 6.60. The van der Waals surface area contributed by atoms with Crippen LogP contribution < -0.4 is 11.1 Å². The fourth-order valence-electron chi connectivity index (χ4n) is 1.42. The molecule has 0 saturated carbocycles. The highest BCUT2D eigenvalue weighted by Gasteiger charge is 2.13. The van der Waals surface area contributed by atoms with Crippen LogP contribution in [0.3, 0.4) is 0 Å². The number of nitrogens with two attached hydrogens (primary N) is 1. The Morgan fingerprint density at radius 3 is 2.94 bits per heavy atom. The topological polar surface area (TPSA) is 68.0 Å². The zero-order valence-corrected chi connectivity index (χ0v) is 10.6. The molecule has 90 valence electrons. The molecule has 0 aliphatic carbocycles. The molecule has 0 bridgehead atoms. The molecule has 0 aliphatic heterocycles. The van der Waals surface area contributed by atoms with Gasteiger partial charge in [-0.2, -0.15) is 0 Å². The van der Waals surface area contributed by atoms with Gasteiger partial charge in [0.05, 0.1) is 11.2 Å². The van der Waals surface area contributed by atoms with Crippen LogP contribution in [0.25, 0.3) is 0 Å². The number of carbonyl (C=O) groups is 1. The number of aryl methyl sites for hydroxylation is 1. The Bertz CT molecular complexity index is 338. The molecule has 5 heteroatoms. The molecule has 1 aromatic rings. The number of unbranched alkanes of at least 4 members (excludes halogenated alkanes) is 1. The van der Waals surface area contributed by atoms with Gasteiger partial charge in [-0.15, -0.1) is 11.3 Å². The monoisotopic (exact) mass is 241 g/mol. The number of carbonyl (C=O) groups excluding carboxylic acids is 1. The van der Waals surface area contributed by atoms with E-state index in [0.29, 0.717) is 11.4 Å². The van der Waals surface area contributed by atoms with Crippen molar-refractivity contribution in [2.45, 2.75) is 39.2 Å². The molecule has 1 rings (SSSR count). The third-order valence-corrected chi connectivity index (χ3v) is 3.28. The van der Waals surface area contributed by atoms with Gasteiger partial charge in [0, 0.05) is 12.6 Å². The highest BCUT2D eigenvalue weighted by atomic mass is 32.1. The zero-order chi connectivity index (χ0) is 12.0. The van der Waals surface area contributed by atoms with E-state index >= 15 is 0 Å². The fourth-order valence-corrected chi connectivity index (χ4v) is 2.10. The maximum Gasteiger partial charge on any atom is 0.263 e. The van der Waals surface area contributed by atoms with E-state index in [2.05, 4.69) is 17.2 Å². The van der Waals surface area contributed by atoms with Gasteiger partial charge in [0.2, 0.25) is 0 Å². The molecule has 0 saturated heterocycles. The van der Waals surface area contributed by atoms with Crippen molar-refractivity contribution in [2.75, 3.05) is 6.54 Å². The summed E-state index contributed by atoms with van der Waals surface area (Å²) >= 11 is 1.41. The summed E-state index contributed by atoms with van der Waals surface area (Å²) in [5.41, 5.74) is 5.62. The van der Waals surface area contributed by atoms with Crippen LogP contribution >= 0.6 is 11.3 Å². The van der Waals surface area contributed by atoms with Gasteiger partial charge in [-0.05, 0) is 13.3 Å². The van der Waals surface area contributed by atoms with Gasteiger partial charge in [0.25, 0.3) is 5.91 Å². The molecule has 16 heavy (non-hydrogen) atoms. The van der Waals surface area contributed by atoms with Crippen LogP contribution in [-0.2, 0) is 0 Å². The lowest BCUT2D eigenvalue weighted by molar-refractivity contribution is 0.0939. The molecular weight excluding hydrogens is 222 g/mol. The first-order valence-electron chi connectivity index (χ1n) is 5.60. The fraction of sp³-hybridized carbons (Fsp3) is 0.636. The molecule has 0 spiro atoms. The molecular formula is C11H19N3OS. The standard InChI is InChI=1S/C11H19N3OS/c1-3-4-5-9(6-12)14-11(15)10-7-13-8(2)16-10/h7,9H,3-6,12H2,1-2H3,(H,14,15). The molecule has 0 aromatic carbocycles. The molecule has 0 fully saturated rings. The Hall–Kier alpha value is -0.940. The van der Waals surface area contributed by atoms with Crippen LogP contribution in [0.15, 0.2) is 6.20 Å². The molecule has 0 radical (unpaired) electrons. The summed E-state index contributed by atoms with van der Waals surface area (Å²) < 4.78 is 0. The molecule has 1 amide bonds. The zero-order valence-electron chi connectivity index (χ0n) is 9.82. The number of amides is 1. The lowest BCUT2D eigenvalue weighted by atomic mass is 10.1. The summed E-state index contributed by atoms with van der Waals surface area (Å²) in [6.45, 7) is 4.50. The van der Waals surface area contributed by atoms with Crippen LogP contribution in [0.5, 0.6) is 0 Å². The van der Waals surface area contributed by atoms with E-state index in [1.54, 1.807) is 6.20 Å². The first kappa shape index (κ1) is 13.1. The van der Waals surface area contributed by atoms with Crippen LogP contribution in [0.1, 0.15) is 40.9 Å². The van der Waals surface area contributed by atoms with Crippen molar-refractivity contribution in [1.82, 2.24) is 10.3 Å². The van der Waals surface area contributed by atoms with E-state index in [4.69, 9.17) is 5.73 Å². The quantitative estimate of drug-likeness (QED) is 0.796. The van der Waals surface area contributed by atoms with Crippen molar-refractivity contribution in [2.24, 2.45) is 5.73 Å². The van der Waals surface area contributed by atoms with E-state index in [1.807, 2.05) is 6.92 Å². The van der Waals surface area contributed by atoms with Gasteiger partial charge in [-0.25, -0.2) is 4.98 Å². The minimum Gasteiger partial charge on any atom is -0.347 e. The van der Waals surface area contributed by atoms with Gasteiger partial charge in [0.15, 0.2) is 0 Å². The van der Waals surface area contributed by atoms with Gasteiger partial charge in [-0.3, -0.25) is 4.79 Å². The number of aromatic nitrogens is 1. The van der Waals surface area contributed by atoms with Gasteiger partial charge in [0.1, 0.15) is 4.88 Å². The summed E-state index contributed by atoms with van der Waals surface area (Å²) in [5.74, 6) is -0.0582. The smallest absolute Gasteiger partial charge is 0.263 e. The number of hydrogen-bond acceptors (Lipinski definition) is 4. The Balaban J connectivity index is 2.48. The molecule has 4 nitrogen and oxygen atoms in total.